The minimum Gasteiger partial charge on any atom is -0.353 e. The van der Waals surface area contributed by atoms with Crippen LogP contribution in [-0.4, -0.2) is 46.6 Å². The Kier molecular flexibility index (Phi) is 6.73. The SMILES string of the molecule is CCCc1ccccc1NC(=O)N1CCN(c2ccnc(Cl)n2)CC1C(C)C. The first-order valence-corrected chi connectivity index (χ1v) is 10.3. The fourth-order valence-corrected chi connectivity index (χ4v) is 3.80. The molecule has 2 amide bonds. The number of nitrogens with one attached hydrogen (secondary N) is 1. The van der Waals surface area contributed by atoms with Crippen molar-refractivity contribution >= 4 is 29.1 Å². The highest BCUT2D eigenvalue weighted by Crippen LogP contribution is 2.24. The van der Waals surface area contributed by atoms with Gasteiger partial charge < -0.3 is 15.1 Å². The van der Waals surface area contributed by atoms with Crippen molar-refractivity contribution in [3.05, 3.63) is 47.4 Å². The van der Waals surface area contributed by atoms with E-state index in [2.05, 4.69) is 47.0 Å². The topological polar surface area (TPSA) is 61.4 Å². The zero-order valence-corrected chi connectivity index (χ0v) is 17.5. The van der Waals surface area contributed by atoms with Crippen LogP contribution in [0.5, 0.6) is 0 Å². The largest absolute Gasteiger partial charge is 0.353 e. The summed E-state index contributed by atoms with van der Waals surface area (Å²) in [5, 5.41) is 3.38. The summed E-state index contributed by atoms with van der Waals surface area (Å²) in [5.41, 5.74) is 2.08. The van der Waals surface area contributed by atoms with Gasteiger partial charge in [-0.1, -0.05) is 45.4 Å². The zero-order valence-electron chi connectivity index (χ0n) is 16.7. The van der Waals surface area contributed by atoms with Gasteiger partial charge in [-0.25, -0.2) is 14.8 Å². The third-order valence-electron chi connectivity index (χ3n) is 5.16. The van der Waals surface area contributed by atoms with Crippen LogP contribution in [0, 0.1) is 5.92 Å². The minimum absolute atomic E-state index is 0.0392. The fourth-order valence-electron chi connectivity index (χ4n) is 3.66. The Balaban J connectivity index is 1.74. The van der Waals surface area contributed by atoms with Gasteiger partial charge in [0, 0.05) is 31.5 Å². The van der Waals surface area contributed by atoms with Crippen LogP contribution in [0.1, 0.15) is 32.8 Å². The maximum absolute atomic E-state index is 13.1. The van der Waals surface area contributed by atoms with E-state index >= 15 is 0 Å². The number of nitrogens with zero attached hydrogens (tertiary/aromatic N) is 4. The fraction of sp³-hybridized carbons (Fsp3) is 0.476. The summed E-state index contributed by atoms with van der Waals surface area (Å²) in [6, 6.07) is 9.94. The molecule has 2 aromatic rings. The Labute approximate surface area is 171 Å². The Hall–Kier alpha value is -2.34. The molecule has 0 saturated carbocycles. The maximum atomic E-state index is 13.1. The molecule has 1 aromatic carbocycles. The van der Waals surface area contributed by atoms with Gasteiger partial charge in [-0.3, -0.25) is 0 Å². The molecule has 1 aromatic heterocycles. The number of halogens is 1. The third-order valence-corrected chi connectivity index (χ3v) is 5.34. The number of anilines is 2. The lowest BCUT2D eigenvalue weighted by atomic mass is 9.99. The first-order valence-electron chi connectivity index (χ1n) is 9.88. The van der Waals surface area contributed by atoms with Gasteiger partial charge in [0.15, 0.2) is 0 Å². The number of hydrogen-bond donors (Lipinski definition) is 1. The number of aryl methyl sites for hydroxylation is 1. The molecule has 0 aliphatic carbocycles. The molecule has 1 atom stereocenters. The van der Waals surface area contributed by atoms with E-state index < -0.39 is 0 Å². The average Bonchev–Trinajstić information content (AvgIpc) is 2.69. The van der Waals surface area contributed by atoms with Gasteiger partial charge in [0.2, 0.25) is 5.28 Å². The molecule has 0 radical (unpaired) electrons. The van der Waals surface area contributed by atoms with Crippen molar-refractivity contribution in [1.29, 1.82) is 0 Å². The summed E-state index contributed by atoms with van der Waals surface area (Å²) < 4.78 is 0. The van der Waals surface area contributed by atoms with Crippen LogP contribution in [0.2, 0.25) is 5.28 Å². The average molecular weight is 402 g/mol. The van der Waals surface area contributed by atoms with Crippen molar-refractivity contribution in [2.45, 2.75) is 39.7 Å². The molecule has 28 heavy (non-hydrogen) atoms. The molecule has 150 valence electrons. The predicted molar refractivity (Wildman–Crippen MR) is 114 cm³/mol. The maximum Gasteiger partial charge on any atom is 0.322 e. The van der Waals surface area contributed by atoms with Gasteiger partial charge in [-0.05, 0) is 41.6 Å². The van der Waals surface area contributed by atoms with Crippen molar-refractivity contribution in [3.8, 4) is 0 Å². The summed E-state index contributed by atoms with van der Waals surface area (Å²) in [5.74, 6) is 1.12. The summed E-state index contributed by atoms with van der Waals surface area (Å²) in [6.45, 7) is 8.49. The molecular formula is C21H28ClN5O. The number of rotatable bonds is 5. The molecule has 1 saturated heterocycles. The smallest absolute Gasteiger partial charge is 0.322 e. The molecule has 6 nitrogen and oxygen atoms in total. The van der Waals surface area contributed by atoms with E-state index in [-0.39, 0.29) is 17.4 Å². The second-order valence-electron chi connectivity index (χ2n) is 7.47. The number of amides is 2. The van der Waals surface area contributed by atoms with Crippen molar-refractivity contribution in [2.75, 3.05) is 29.9 Å². The van der Waals surface area contributed by atoms with E-state index in [1.807, 2.05) is 29.2 Å². The highest BCUT2D eigenvalue weighted by molar-refractivity contribution is 6.28. The Morgan fingerprint density at radius 3 is 2.79 bits per heavy atom. The monoisotopic (exact) mass is 401 g/mol. The zero-order chi connectivity index (χ0) is 20.1. The van der Waals surface area contributed by atoms with Gasteiger partial charge in [0.1, 0.15) is 5.82 Å². The van der Waals surface area contributed by atoms with Gasteiger partial charge >= 0.3 is 6.03 Å². The standard InChI is InChI=1S/C21H28ClN5O/c1-4-7-16-8-5-6-9-17(16)24-21(28)27-13-12-26(14-18(27)15(2)3)19-10-11-23-20(22)25-19/h5-6,8-11,15,18H,4,7,12-14H2,1-3H3,(H,24,28). The highest BCUT2D eigenvalue weighted by atomic mass is 35.5. The molecule has 1 fully saturated rings. The Morgan fingerprint density at radius 1 is 1.29 bits per heavy atom. The van der Waals surface area contributed by atoms with Crippen LogP contribution in [-0.2, 0) is 6.42 Å². The van der Waals surface area contributed by atoms with Crippen LogP contribution in [0.15, 0.2) is 36.5 Å². The first kappa shape index (κ1) is 20.4. The van der Waals surface area contributed by atoms with E-state index in [1.54, 1.807) is 6.20 Å². The van der Waals surface area contributed by atoms with Crippen molar-refractivity contribution < 1.29 is 4.79 Å². The molecule has 1 N–H and O–H groups in total. The molecule has 2 heterocycles. The predicted octanol–water partition coefficient (Wildman–Crippen LogP) is 4.46. The van der Waals surface area contributed by atoms with E-state index in [9.17, 15) is 4.79 Å². The number of urea groups is 1. The van der Waals surface area contributed by atoms with Crippen LogP contribution in [0.3, 0.4) is 0 Å². The molecule has 1 aliphatic rings. The van der Waals surface area contributed by atoms with Crippen LogP contribution in [0.4, 0.5) is 16.3 Å². The quantitative estimate of drug-likeness (QED) is 0.751. The molecule has 1 unspecified atom stereocenters. The third kappa shape index (κ3) is 4.73. The normalized spacial score (nSPS) is 17.1. The number of benzene rings is 1. The minimum atomic E-state index is -0.0392. The Morgan fingerprint density at radius 2 is 2.07 bits per heavy atom. The second-order valence-corrected chi connectivity index (χ2v) is 7.81. The van der Waals surface area contributed by atoms with Gasteiger partial charge in [-0.15, -0.1) is 0 Å². The first-order chi connectivity index (χ1) is 13.5. The molecule has 7 heteroatoms. The number of piperazine rings is 1. The van der Waals surface area contributed by atoms with Crippen molar-refractivity contribution in [2.24, 2.45) is 5.92 Å². The second kappa shape index (κ2) is 9.24. The summed E-state index contributed by atoms with van der Waals surface area (Å²) in [7, 11) is 0. The van der Waals surface area contributed by atoms with Gasteiger partial charge in [0.25, 0.3) is 0 Å². The number of aromatic nitrogens is 2. The number of hydrogen-bond acceptors (Lipinski definition) is 4. The molecule has 0 spiro atoms. The van der Waals surface area contributed by atoms with E-state index in [4.69, 9.17) is 11.6 Å². The lowest BCUT2D eigenvalue weighted by Gasteiger charge is -2.43. The molecule has 3 rings (SSSR count). The summed E-state index contributed by atoms with van der Waals surface area (Å²) in [4.78, 5) is 25.5. The van der Waals surface area contributed by atoms with Crippen LogP contribution < -0.4 is 10.2 Å². The number of carbonyl (C=O) groups excluding carboxylic acids is 1. The van der Waals surface area contributed by atoms with E-state index in [0.717, 1.165) is 30.9 Å². The molecule has 0 bridgehead atoms. The molecular weight excluding hydrogens is 374 g/mol. The van der Waals surface area contributed by atoms with Gasteiger partial charge in [0.05, 0.1) is 6.04 Å². The van der Waals surface area contributed by atoms with Crippen molar-refractivity contribution in [1.82, 2.24) is 14.9 Å². The summed E-state index contributed by atoms with van der Waals surface area (Å²) >= 11 is 5.95. The van der Waals surface area contributed by atoms with E-state index in [1.165, 1.54) is 5.56 Å². The number of carbonyl (C=O) groups is 1. The molecule has 1 aliphatic heterocycles. The lowest BCUT2D eigenvalue weighted by Crippen LogP contribution is -2.58. The van der Waals surface area contributed by atoms with Crippen molar-refractivity contribution in [3.63, 3.8) is 0 Å². The van der Waals surface area contributed by atoms with Gasteiger partial charge in [-0.2, -0.15) is 0 Å². The Bertz CT molecular complexity index is 813. The van der Waals surface area contributed by atoms with Crippen LogP contribution in [0.25, 0.3) is 0 Å². The van der Waals surface area contributed by atoms with Crippen LogP contribution >= 0.6 is 11.6 Å². The van der Waals surface area contributed by atoms with E-state index in [0.29, 0.717) is 19.0 Å². The highest BCUT2D eigenvalue weighted by Gasteiger charge is 2.33. The summed E-state index contributed by atoms with van der Waals surface area (Å²) in [6.07, 6.45) is 3.66. The lowest BCUT2D eigenvalue weighted by molar-refractivity contribution is 0.156. The number of para-hydroxylation sites is 1.